The van der Waals surface area contributed by atoms with E-state index in [1.54, 1.807) is 23.7 Å². The molecule has 3 rings (SSSR count). The van der Waals surface area contributed by atoms with Gasteiger partial charge in [-0.1, -0.05) is 6.08 Å². The highest BCUT2D eigenvalue weighted by atomic mass is 32.1. The maximum atomic E-state index is 12.5. The number of carboxylic acid groups (broad SMARTS) is 1. The van der Waals surface area contributed by atoms with E-state index < -0.39 is 11.6 Å². The standard InChI is InChI=1S/C22H21NO4S/c1-13-9-15(10-14(2)20(13)27-22(3,4)21(25)26)5-7-18(24)16-6-8-19-17(11-16)23-12-28-19/h5-12H,1-4H3,(H,25,26). The van der Waals surface area contributed by atoms with Crippen molar-refractivity contribution in [2.24, 2.45) is 0 Å². The number of aryl methyl sites for hydroxylation is 2. The van der Waals surface area contributed by atoms with Gasteiger partial charge in [-0.15, -0.1) is 11.3 Å². The molecule has 0 bridgehead atoms. The number of thiazole rings is 1. The van der Waals surface area contributed by atoms with E-state index in [-0.39, 0.29) is 5.78 Å². The fourth-order valence-corrected chi connectivity index (χ4v) is 3.48. The number of ketones is 1. The van der Waals surface area contributed by atoms with Crippen LogP contribution in [0.25, 0.3) is 16.3 Å². The number of nitrogens with zero attached hydrogens (tertiary/aromatic N) is 1. The summed E-state index contributed by atoms with van der Waals surface area (Å²) in [7, 11) is 0. The van der Waals surface area contributed by atoms with Crippen LogP contribution in [0.4, 0.5) is 0 Å². The van der Waals surface area contributed by atoms with Crippen molar-refractivity contribution in [3.63, 3.8) is 0 Å². The number of aliphatic carboxylic acids is 1. The van der Waals surface area contributed by atoms with E-state index in [1.165, 1.54) is 31.3 Å². The molecule has 0 spiro atoms. The predicted octanol–water partition coefficient (Wildman–Crippen LogP) is 5.05. The Kier molecular flexibility index (Phi) is 5.34. The van der Waals surface area contributed by atoms with Crippen molar-refractivity contribution in [3.8, 4) is 5.75 Å². The second kappa shape index (κ2) is 7.56. The van der Waals surface area contributed by atoms with Gasteiger partial charge in [0.1, 0.15) is 5.75 Å². The summed E-state index contributed by atoms with van der Waals surface area (Å²) in [6, 6.07) is 9.23. The Balaban J connectivity index is 1.82. The minimum atomic E-state index is -1.32. The van der Waals surface area contributed by atoms with Crippen LogP contribution in [0.5, 0.6) is 5.75 Å². The minimum Gasteiger partial charge on any atom is -0.478 e. The molecule has 0 aliphatic carbocycles. The van der Waals surface area contributed by atoms with Gasteiger partial charge in [0, 0.05) is 5.56 Å². The van der Waals surface area contributed by atoms with Crippen molar-refractivity contribution >= 4 is 39.4 Å². The van der Waals surface area contributed by atoms with E-state index >= 15 is 0 Å². The van der Waals surface area contributed by atoms with Crippen LogP contribution in [0.3, 0.4) is 0 Å². The van der Waals surface area contributed by atoms with Gasteiger partial charge in [-0.2, -0.15) is 0 Å². The van der Waals surface area contributed by atoms with E-state index in [1.807, 2.05) is 32.0 Å². The number of hydrogen-bond donors (Lipinski definition) is 1. The normalized spacial score (nSPS) is 11.9. The third kappa shape index (κ3) is 4.12. The fourth-order valence-electron chi connectivity index (χ4n) is 2.82. The smallest absolute Gasteiger partial charge is 0.347 e. The molecule has 0 saturated heterocycles. The largest absolute Gasteiger partial charge is 0.478 e. The summed E-state index contributed by atoms with van der Waals surface area (Å²) in [5, 5.41) is 9.27. The molecule has 0 radical (unpaired) electrons. The molecule has 144 valence electrons. The zero-order chi connectivity index (χ0) is 20.5. The van der Waals surface area contributed by atoms with Crippen molar-refractivity contribution in [2.45, 2.75) is 33.3 Å². The van der Waals surface area contributed by atoms with Crippen LogP contribution in [0.2, 0.25) is 0 Å². The van der Waals surface area contributed by atoms with Crippen molar-refractivity contribution < 1.29 is 19.4 Å². The van der Waals surface area contributed by atoms with E-state index in [4.69, 9.17) is 4.74 Å². The second-order valence-electron chi connectivity index (χ2n) is 7.13. The highest BCUT2D eigenvalue weighted by Crippen LogP contribution is 2.29. The van der Waals surface area contributed by atoms with E-state index in [0.29, 0.717) is 11.3 Å². The summed E-state index contributed by atoms with van der Waals surface area (Å²) in [6.45, 7) is 6.74. The van der Waals surface area contributed by atoms with Gasteiger partial charge in [-0.3, -0.25) is 4.79 Å². The predicted molar refractivity (Wildman–Crippen MR) is 111 cm³/mol. The number of hydrogen-bond acceptors (Lipinski definition) is 5. The van der Waals surface area contributed by atoms with Crippen LogP contribution >= 0.6 is 11.3 Å². The molecule has 1 N–H and O–H groups in total. The molecule has 0 saturated carbocycles. The van der Waals surface area contributed by atoms with Gasteiger partial charge in [0.15, 0.2) is 11.4 Å². The lowest BCUT2D eigenvalue weighted by atomic mass is 10.0. The minimum absolute atomic E-state index is 0.0995. The zero-order valence-corrected chi connectivity index (χ0v) is 17.0. The highest BCUT2D eigenvalue weighted by molar-refractivity contribution is 7.16. The molecule has 0 fully saturated rings. The SMILES string of the molecule is Cc1cc(C=CC(=O)c2ccc3scnc3c2)cc(C)c1OC(C)(C)C(=O)O. The first-order valence-corrected chi connectivity index (χ1v) is 9.64. The number of aromatic nitrogens is 1. The van der Waals surface area contributed by atoms with Gasteiger partial charge in [-0.25, -0.2) is 9.78 Å². The molecule has 0 aliphatic heterocycles. The lowest BCUT2D eigenvalue weighted by Crippen LogP contribution is -2.38. The Morgan fingerprint density at radius 2 is 1.82 bits per heavy atom. The molecule has 0 unspecified atom stereocenters. The van der Waals surface area contributed by atoms with Crippen molar-refractivity contribution in [1.29, 1.82) is 0 Å². The maximum absolute atomic E-state index is 12.5. The van der Waals surface area contributed by atoms with Gasteiger partial charge >= 0.3 is 5.97 Å². The monoisotopic (exact) mass is 395 g/mol. The fraction of sp³-hybridized carbons (Fsp3) is 0.227. The highest BCUT2D eigenvalue weighted by Gasteiger charge is 2.30. The molecule has 1 heterocycles. The first-order chi connectivity index (χ1) is 13.2. The summed E-state index contributed by atoms with van der Waals surface area (Å²) in [6.07, 6.45) is 3.28. The number of carbonyl (C=O) groups excluding carboxylic acids is 1. The molecule has 6 heteroatoms. The Labute approximate surface area is 167 Å². The molecule has 1 aromatic heterocycles. The third-order valence-corrected chi connectivity index (χ3v) is 5.21. The van der Waals surface area contributed by atoms with Crippen LogP contribution < -0.4 is 4.74 Å². The summed E-state index contributed by atoms with van der Waals surface area (Å²) >= 11 is 1.54. The van der Waals surface area contributed by atoms with Crippen LogP contribution in [-0.2, 0) is 4.79 Å². The molecule has 0 amide bonds. The van der Waals surface area contributed by atoms with Crippen LogP contribution in [0.15, 0.2) is 41.9 Å². The molecular formula is C22H21NO4S. The molecule has 0 aliphatic rings. The number of allylic oxidation sites excluding steroid dienone is 1. The Hall–Kier alpha value is -2.99. The van der Waals surface area contributed by atoms with Crippen LogP contribution in [0, 0.1) is 13.8 Å². The molecular weight excluding hydrogens is 374 g/mol. The number of ether oxygens (including phenoxy) is 1. The first-order valence-electron chi connectivity index (χ1n) is 8.77. The van der Waals surface area contributed by atoms with E-state index in [2.05, 4.69) is 4.98 Å². The van der Waals surface area contributed by atoms with Gasteiger partial charge in [0.25, 0.3) is 0 Å². The van der Waals surface area contributed by atoms with Gasteiger partial charge in [0.2, 0.25) is 0 Å². The topological polar surface area (TPSA) is 76.5 Å². The van der Waals surface area contributed by atoms with Crippen molar-refractivity contribution in [1.82, 2.24) is 4.98 Å². The Morgan fingerprint density at radius 1 is 1.14 bits per heavy atom. The van der Waals surface area contributed by atoms with Gasteiger partial charge < -0.3 is 9.84 Å². The molecule has 2 aromatic carbocycles. The van der Waals surface area contributed by atoms with E-state index in [9.17, 15) is 14.7 Å². The summed E-state index contributed by atoms with van der Waals surface area (Å²) in [4.78, 5) is 28.0. The zero-order valence-electron chi connectivity index (χ0n) is 16.1. The number of carbonyl (C=O) groups is 2. The Morgan fingerprint density at radius 3 is 2.46 bits per heavy atom. The van der Waals surface area contributed by atoms with Gasteiger partial charge in [-0.05, 0) is 80.8 Å². The molecule has 0 atom stereocenters. The number of fused-ring (bicyclic) bond motifs is 1. The second-order valence-corrected chi connectivity index (χ2v) is 8.02. The van der Waals surface area contributed by atoms with Crippen LogP contribution in [-0.4, -0.2) is 27.4 Å². The molecule has 3 aromatic rings. The summed E-state index contributed by atoms with van der Waals surface area (Å²) in [5.41, 5.74) is 4.31. The molecule has 28 heavy (non-hydrogen) atoms. The number of benzene rings is 2. The third-order valence-electron chi connectivity index (χ3n) is 4.40. The van der Waals surface area contributed by atoms with Crippen LogP contribution in [0.1, 0.15) is 40.9 Å². The molecule has 5 nitrogen and oxygen atoms in total. The Bertz CT molecular complexity index is 1070. The lowest BCUT2D eigenvalue weighted by molar-refractivity contribution is -0.152. The quantitative estimate of drug-likeness (QED) is 0.467. The van der Waals surface area contributed by atoms with Crippen molar-refractivity contribution in [3.05, 3.63) is 64.2 Å². The average molecular weight is 395 g/mol. The maximum Gasteiger partial charge on any atom is 0.347 e. The van der Waals surface area contributed by atoms with Gasteiger partial charge in [0.05, 0.1) is 15.7 Å². The lowest BCUT2D eigenvalue weighted by Gasteiger charge is -2.24. The van der Waals surface area contributed by atoms with Crippen molar-refractivity contribution in [2.75, 3.05) is 0 Å². The average Bonchev–Trinajstić information content (AvgIpc) is 3.10. The number of rotatable bonds is 6. The first kappa shape index (κ1) is 19.8. The number of carboxylic acids is 1. The summed E-state index contributed by atoms with van der Waals surface area (Å²) < 4.78 is 6.76. The van der Waals surface area contributed by atoms with E-state index in [0.717, 1.165) is 26.9 Å². The summed E-state index contributed by atoms with van der Waals surface area (Å²) in [5.74, 6) is -0.583.